The van der Waals surface area contributed by atoms with Crippen molar-refractivity contribution >= 4 is 5.91 Å². The predicted octanol–water partition coefficient (Wildman–Crippen LogP) is 1.28. The third-order valence-corrected chi connectivity index (χ3v) is 4.07. The van der Waals surface area contributed by atoms with E-state index in [1.54, 1.807) is 0 Å². The maximum Gasteiger partial charge on any atom is 0.223 e. The smallest absolute Gasteiger partial charge is 0.223 e. The zero-order valence-corrected chi connectivity index (χ0v) is 9.54. The van der Waals surface area contributed by atoms with Gasteiger partial charge in [-0.05, 0) is 37.6 Å². The van der Waals surface area contributed by atoms with Gasteiger partial charge in [0.05, 0.1) is 0 Å². The fraction of sp³-hybridized carbons (Fsp3) is 0.917. The number of carbonyl (C=O) groups excluding carboxylic acids is 1. The first-order chi connectivity index (χ1) is 7.26. The topological polar surface area (TPSA) is 55.1 Å². The van der Waals surface area contributed by atoms with Crippen LogP contribution in [-0.2, 0) is 4.79 Å². The highest BCUT2D eigenvalue weighted by Gasteiger charge is 2.39. The summed E-state index contributed by atoms with van der Waals surface area (Å²) in [6.45, 7) is 2.86. The van der Waals surface area contributed by atoms with Crippen molar-refractivity contribution in [3.63, 3.8) is 0 Å². The first kappa shape index (κ1) is 10.9. The standard InChI is InChI=1S/C12H22N2O/c1-2-8-6-11(8)14-12(15)10-5-3-4-9(10)7-13/h8-11H,2-7,13H2,1H3,(H,14,15). The molecule has 0 aromatic heterocycles. The molecule has 2 rings (SSSR count). The summed E-state index contributed by atoms with van der Waals surface area (Å²) in [5.41, 5.74) is 5.68. The minimum absolute atomic E-state index is 0.202. The lowest BCUT2D eigenvalue weighted by Gasteiger charge is -2.17. The lowest BCUT2D eigenvalue weighted by atomic mass is 9.95. The van der Waals surface area contributed by atoms with Crippen molar-refractivity contribution in [2.24, 2.45) is 23.5 Å². The van der Waals surface area contributed by atoms with E-state index in [1.165, 1.54) is 19.3 Å². The summed E-state index contributed by atoms with van der Waals surface area (Å²) in [4.78, 5) is 12.0. The predicted molar refractivity (Wildman–Crippen MR) is 60.2 cm³/mol. The lowest BCUT2D eigenvalue weighted by Crippen LogP contribution is -2.36. The second-order valence-electron chi connectivity index (χ2n) is 5.05. The van der Waals surface area contributed by atoms with E-state index in [2.05, 4.69) is 12.2 Å². The van der Waals surface area contributed by atoms with Crippen LogP contribution in [0, 0.1) is 17.8 Å². The first-order valence-corrected chi connectivity index (χ1v) is 6.26. The Hall–Kier alpha value is -0.570. The summed E-state index contributed by atoms with van der Waals surface area (Å²) >= 11 is 0. The van der Waals surface area contributed by atoms with Gasteiger partial charge in [0.2, 0.25) is 5.91 Å². The Morgan fingerprint density at radius 2 is 2.20 bits per heavy atom. The summed E-state index contributed by atoms with van der Waals surface area (Å²) in [7, 11) is 0. The maximum absolute atomic E-state index is 12.0. The number of hydrogen-bond acceptors (Lipinski definition) is 2. The van der Waals surface area contributed by atoms with Crippen molar-refractivity contribution < 1.29 is 4.79 Å². The van der Waals surface area contributed by atoms with Crippen molar-refractivity contribution in [2.75, 3.05) is 6.54 Å². The number of nitrogens with two attached hydrogens (primary N) is 1. The monoisotopic (exact) mass is 210 g/mol. The molecule has 4 unspecified atom stereocenters. The van der Waals surface area contributed by atoms with Gasteiger partial charge in [0.1, 0.15) is 0 Å². The second kappa shape index (κ2) is 4.52. The van der Waals surface area contributed by atoms with Gasteiger partial charge >= 0.3 is 0 Å². The Balaban J connectivity index is 1.80. The van der Waals surface area contributed by atoms with Crippen LogP contribution >= 0.6 is 0 Å². The van der Waals surface area contributed by atoms with Crippen molar-refractivity contribution in [1.29, 1.82) is 0 Å². The fourth-order valence-corrected chi connectivity index (χ4v) is 2.83. The molecule has 0 spiro atoms. The Morgan fingerprint density at radius 3 is 2.80 bits per heavy atom. The van der Waals surface area contributed by atoms with E-state index >= 15 is 0 Å². The molecule has 2 saturated carbocycles. The zero-order valence-electron chi connectivity index (χ0n) is 9.54. The molecule has 0 bridgehead atoms. The Morgan fingerprint density at radius 1 is 1.40 bits per heavy atom. The Bertz CT molecular complexity index is 242. The molecule has 2 aliphatic carbocycles. The van der Waals surface area contributed by atoms with Gasteiger partial charge in [-0.3, -0.25) is 4.79 Å². The van der Waals surface area contributed by atoms with Gasteiger partial charge < -0.3 is 11.1 Å². The highest BCUT2D eigenvalue weighted by molar-refractivity contribution is 5.80. The summed E-state index contributed by atoms with van der Waals surface area (Å²) in [6.07, 6.45) is 5.72. The van der Waals surface area contributed by atoms with E-state index in [4.69, 9.17) is 5.73 Å². The normalized spacial score (nSPS) is 39.1. The number of carbonyl (C=O) groups is 1. The summed E-state index contributed by atoms with van der Waals surface area (Å²) < 4.78 is 0. The van der Waals surface area contributed by atoms with Crippen molar-refractivity contribution in [1.82, 2.24) is 5.32 Å². The highest BCUT2D eigenvalue weighted by Crippen LogP contribution is 2.35. The average molecular weight is 210 g/mol. The van der Waals surface area contributed by atoms with Gasteiger partial charge in [0.25, 0.3) is 0 Å². The summed E-state index contributed by atoms with van der Waals surface area (Å²) in [6, 6.07) is 0.474. The fourth-order valence-electron chi connectivity index (χ4n) is 2.83. The lowest BCUT2D eigenvalue weighted by molar-refractivity contribution is -0.126. The van der Waals surface area contributed by atoms with E-state index in [-0.39, 0.29) is 11.8 Å². The van der Waals surface area contributed by atoms with Gasteiger partial charge in [-0.2, -0.15) is 0 Å². The molecule has 0 saturated heterocycles. The molecule has 86 valence electrons. The van der Waals surface area contributed by atoms with Gasteiger partial charge in [0, 0.05) is 12.0 Å². The quantitative estimate of drug-likeness (QED) is 0.734. The molecule has 0 radical (unpaired) electrons. The van der Waals surface area contributed by atoms with E-state index in [9.17, 15) is 4.79 Å². The summed E-state index contributed by atoms with van der Waals surface area (Å²) in [5.74, 6) is 1.65. The van der Waals surface area contributed by atoms with Crippen LogP contribution in [0.5, 0.6) is 0 Å². The molecule has 0 aliphatic heterocycles. The largest absolute Gasteiger partial charge is 0.353 e. The molecule has 15 heavy (non-hydrogen) atoms. The Kier molecular flexibility index (Phi) is 3.29. The van der Waals surface area contributed by atoms with Crippen molar-refractivity contribution in [3.8, 4) is 0 Å². The van der Waals surface area contributed by atoms with Crippen molar-refractivity contribution in [3.05, 3.63) is 0 Å². The molecule has 4 atom stereocenters. The van der Waals surface area contributed by atoms with Crippen LogP contribution in [0.1, 0.15) is 39.0 Å². The first-order valence-electron chi connectivity index (χ1n) is 6.26. The molecule has 2 fully saturated rings. The molecule has 3 heteroatoms. The van der Waals surface area contributed by atoms with Crippen LogP contribution < -0.4 is 11.1 Å². The average Bonchev–Trinajstić information content (AvgIpc) is 2.81. The second-order valence-corrected chi connectivity index (χ2v) is 5.05. The third kappa shape index (κ3) is 2.33. The van der Waals surface area contributed by atoms with Gasteiger partial charge in [-0.15, -0.1) is 0 Å². The highest BCUT2D eigenvalue weighted by atomic mass is 16.2. The Labute approximate surface area is 91.8 Å². The number of hydrogen-bond donors (Lipinski definition) is 2. The molecule has 0 aromatic carbocycles. The molecule has 0 aromatic rings. The number of nitrogens with one attached hydrogen (secondary N) is 1. The van der Waals surface area contributed by atoms with E-state index in [1.807, 2.05) is 0 Å². The van der Waals surface area contributed by atoms with E-state index in [0.29, 0.717) is 18.5 Å². The van der Waals surface area contributed by atoms with Crippen LogP contribution in [-0.4, -0.2) is 18.5 Å². The number of rotatable bonds is 4. The molecule has 1 amide bonds. The van der Waals surface area contributed by atoms with E-state index in [0.717, 1.165) is 18.8 Å². The van der Waals surface area contributed by atoms with Gasteiger partial charge in [-0.25, -0.2) is 0 Å². The molecule has 3 N–H and O–H groups in total. The van der Waals surface area contributed by atoms with Crippen LogP contribution in [0.3, 0.4) is 0 Å². The molecule has 2 aliphatic rings. The van der Waals surface area contributed by atoms with Gasteiger partial charge in [-0.1, -0.05) is 19.8 Å². The van der Waals surface area contributed by atoms with Crippen LogP contribution in [0.4, 0.5) is 0 Å². The van der Waals surface area contributed by atoms with Crippen LogP contribution in [0.15, 0.2) is 0 Å². The zero-order chi connectivity index (χ0) is 10.8. The van der Waals surface area contributed by atoms with Crippen LogP contribution in [0.2, 0.25) is 0 Å². The molecular formula is C12H22N2O. The minimum Gasteiger partial charge on any atom is -0.353 e. The third-order valence-electron chi connectivity index (χ3n) is 4.07. The van der Waals surface area contributed by atoms with E-state index < -0.39 is 0 Å². The van der Waals surface area contributed by atoms with Crippen LogP contribution in [0.25, 0.3) is 0 Å². The molecule has 0 heterocycles. The molecule has 3 nitrogen and oxygen atoms in total. The van der Waals surface area contributed by atoms with Gasteiger partial charge in [0.15, 0.2) is 0 Å². The maximum atomic E-state index is 12.0. The molecular weight excluding hydrogens is 188 g/mol. The van der Waals surface area contributed by atoms with Crippen molar-refractivity contribution in [2.45, 2.75) is 45.1 Å². The number of amides is 1. The summed E-state index contributed by atoms with van der Waals surface area (Å²) in [5, 5.41) is 3.17. The minimum atomic E-state index is 0.202. The SMILES string of the molecule is CCC1CC1NC(=O)C1CCCC1CN.